The van der Waals surface area contributed by atoms with E-state index >= 15 is 0 Å². The summed E-state index contributed by atoms with van der Waals surface area (Å²) in [6.07, 6.45) is 4.26. The minimum Gasteiger partial charge on any atom is -0.289 e. The average Bonchev–Trinajstić information content (AvgIpc) is 2.23. The van der Waals surface area contributed by atoms with Crippen molar-refractivity contribution >= 4 is 17.6 Å². The summed E-state index contributed by atoms with van der Waals surface area (Å²) in [5, 5.41) is 0. The topological polar surface area (TPSA) is 34.1 Å². The zero-order valence-electron chi connectivity index (χ0n) is 7.49. The molecule has 0 saturated heterocycles. The van der Waals surface area contributed by atoms with Gasteiger partial charge in [-0.1, -0.05) is 18.7 Å². The molecule has 1 aromatic rings. The van der Waals surface area contributed by atoms with Gasteiger partial charge in [-0.15, -0.1) is 0 Å². The van der Waals surface area contributed by atoms with E-state index in [2.05, 4.69) is 6.58 Å². The first-order chi connectivity index (χ1) is 6.72. The van der Waals surface area contributed by atoms with E-state index in [1.807, 2.05) is 0 Å². The smallest absolute Gasteiger partial charge is 0.186 e. The van der Waals surface area contributed by atoms with Crippen LogP contribution < -0.4 is 0 Å². The number of fused-ring (bicyclic) bond motifs is 1. The van der Waals surface area contributed by atoms with Gasteiger partial charge in [0.05, 0.1) is 0 Å². The molecule has 1 aliphatic carbocycles. The molecule has 0 heterocycles. The Morgan fingerprint density at radius 2 is 1.64 bits per heavy atom. The first-order valence-electron chi connectivity index (χ1n) is 4.25. The number of carbonyl (C=O) groups excluding carboxylic acids is 2. The maximum Gasteiger partial charge on any atom is 0.186 e. The number of rotatable bonds is 1. The highest BCUT2D eigenvalue weighted by Gasteiger charge is 2.18. The second-order valence-corrected chi connectivity index (χ2v) is 3.07. The summed E-state index contributed by atoms with van der Waals surface area (Å²) in [5.41, 5.74) is 1.79. The lowest BCUT2D eigenvalue weighted by Gasteiger charge is -2.08. The number of ketones is 2. The van der Waals surface area contributed by atoms with Crippen LogP contribution in [0.15, 0.2) is 36.9 Å². The fourth-order valence-corrected chi connectivity index (χ4v) is 1.44. The molecule has 0 bridgehead atoms. The fourth-order valence-electron chi connectivity index (χ4n) is 1.44. The van der Waals surface area contributed by atoms with E-state index in [9.17, 15) is 9.59 Å². The lowest BCUT2D eigenvalue weighted by molar-refractivity contribution is 0.0994. The number of carbonyl (C=O) groups is 2. The molecule has 1 aliphatic rings. The normalized spacial score (nSPS) is 14.0. The molecular formula is C12H8O2. The molecule has 0 aromatic heterocycles. The zero-order chi connectivity index (χ0) is 10.1. The predicted molar refractivity (Wildman–Crippen MR) is 54.3 cm³/mol. The molecule has 14 heavy (non-hydrogen) atoms. The average molecular weight is 184 g/mol. The summed E-state index contributed by atoms with van der Waals surface area (Å²) in [6.45, 7) is 3.61. The maximum atomic E-state index is 11.4. The molecule has 0 N–H and O–H groups in total. The Labute approximate surface area is 81.6 Å². The Bertz CT molecular complexity index is 467. The monoisotopic (exact) mass is 184 g/mol. The van der Waals surface area contributed by atoms with Crippen molar-refractivity contribution < 1.29 is 9.59 Å². The van der Waals surface area contributed by atoms with Gasteiger partial charge in [-0.05, 0) is 29.8 Å². The van der Waals surface area contributed by atoms with Crippen molar-refractivity contribution in [3.05, 3.63) is 53.6 Å². The molecule has 0 atom stereocenters. The summed E-state index contributed by atoms with van der Waals surface area (Å²) in [6, 6.07) is 5.12. The van der Waals surface area contributed by atoms with Crippen molar-refractivity contribution in [2.45, 2.75) is 0 Å². The zero-order valence-corrected chi connectivity index (χ0v) is 7.49. The van der Waals surface area contributed by atoms with Gasteiger partial charge in [0, 0.05) is 11.1 Å². The highest BCUT2D eigenvalue weighted by molar-refractivity contribution is 6.22. The third-order valence-corrected chi connectivity index (χ3v) is 2.20. The molecule has 0 spiro atoms. The van der Waals surface area contributed by atoms with E-state index in [0.717, 1.165) is 5.56 Å². The fraction of sp³-hybridized carbons (Fsp3) is 0. The summed E-state index contributed by atoms with van der Waals surface area (Å²) in [5.74, 6) is -0.237. The van der Waals surface area contributed by atoms with Crippen molar-refractivity contribution in [3.8, 4) is 0 Å². The number of allylic oxidation sites excluding steroid dienone is 2. The van der Waals surface area contributed by atoms with E-state index in [1.165, 1.54) is 12.2 Å². The summed E-state index contributed by atoms with van der Waals surface area (Å²) < 4.78 is 0. The minimum absolute atomic E-state index is 0.116. The number of hydrogen-bond acceptors (Lipinski definition) is 2. The summed E-state index contributed by atoms with van der Waals surface area (Å²) in [4.78, 5) is 22.8. The van der Waals surface area contributed by atoms with Crippen LogP contribution in [0.2, 0.25) is 0 Å². The molecule has 0 fully saturated rings. The second kappa shape index (κ2) is 3.07. The predicted octanol–water partition coefficient (Wildman–Crippen LogP) is 2.26. The van der Waals surface area contributed by atoms with Gasteiger partial charge >= 0.3 is 0 Å². The molecule has 2 heteroatoms. The van der Waals surface area contributed by atoms with Crippen molar-refractivity contribution in [2.24, 2.45) is 0 Å². The van der Waals surface area contributed by atoms with E-state index in [0.29, 0.717) is 11.1 Å². The van der Waals surface area contributed by atoms with Crippen LogP contribution in [-0.2, 0) is 0 Å². The third-order valence-electron chi connectivity index (χ3n) is 2.20. The van der Waals surface area contributed by atoms with Crippen LogP contribution in [0.5, 0.6) is 0 Å². The molecule has 0 radical (unpaired) electrons. The van der Waals surface area contributed by atoms with Crippen molar-refractivity contribution in [3.63, 3.8) is 0 Å². The molecule has 0 saturated carbocycles. The first kappa shape index (κ1) is 8.63. The van der Waals surface area contributed by atoms with Crippen LogP contribution in [-0.4, -0.2) is 11.6 Å². The molecular weight excluding hydrogens is 176 g/mol. The van der Waals surface area contributed by atoms with Crippen LogP contribution in [0.3, 0.4) is 0 Å². The molecule has 2 nitrogen and oxygen atoms in total. The summed E-state index contributed by atoms with van der Waals surface area (Å²) in [7, 11) is 0. The number of benzene rings is 1. The van der Waals surface area contributed by atoms with Gasteiger partial charge < -0.3 is 0 Å². The first-order valence-corrected chi connectivity index (χ1v) is 4.25. The lowest BCUT2D eigenvalue weighted by Crippen LogP contribution is -2.11. The van der Waals surface area contributed by atoms with Gasteiger partial charge in [0.15, 0.2) is 11.6 Å². The van der Waals surface area contributed by atoms with Gasteiger partial charge in [0.1, 0.15) is 0 Å². The van der Waals surface area contributed by atoms with Gasteiger partial charge in [0.25, 0.3) is 0 Å². The maximum absolute atomic E-state index is 11.4. The van der Waals surface area contributed by atoms with E-state index < -0.39 is 0 Å². The lowest BCUT2D eigenvalue weighted by atomic mass is 9.93. The van der Waals surface area contributed by atoms with E-state index in [4.69, 9.17) is 0 Å². The molecule has 0 unspecified atom stereocenters. The van der Waals surface area contributed by atoms with Gasteiger partial charge in [0.2, 0.25) is 0 Å². The van der Waals surface area contributed by atoms with Crippen molar-refractivity contribution in [1.82, 2.24) is 0 Å². The van der Waals surface area contributed by atoms with Crippen molar-refractivity contribution in [2.75, 3.05) is 0 Å². The van der Waals surface area contributed by atoms with Crippen LogP contribution >= 0.6 is 0 Å². The van der Waals surface area contributed by atoms with Gasteiger partial charge in [-0.2, -0.15) is 0 Å². The molecule has 1 aromatic carbocycles. The Morgan fingerprint density at radius 3 is 2.29 bits per heavy atom. The Morgan fingerprint density at radius 1 is 1.00 bits per heavy atom. The largest absolute Gasteiger partial charge is 0.289 e. The number of hydrogen-bond donors (Lipinski definition) is 0. The van der Waals surface area contributed by atoms with Gasteiger partial charge in [-0.25, -0.2) is 0 Å². The van der Waals surface area contributed by atoms with Crippen LogP contribution in [0, 0.1) is 0 Å². The molecule has 0 aliphatic heterocycles. The minimum atomic E-state index is -0.122. The Kier molecular flexibility index (Phi) is 1.89. The highest BCUT2D eigenvalue weighted by Crippen LogP contribution is 2.18. The Balaban J connectivity index is 2.66. The Hall–Kier alpha value is -1.96. The van der Waals surface area contributed by atoms with Crippen LogP contribution in [0.4, 0.5) is 0 Å². The molecule has 68 valence electrons. The quantitative estimate of drug-likeness (QED) is 0.670. The molecule has 2 rings (SSSR count). The van der Waals surface area contributed by atoms with E-state index in [-0.39, 0.29) is 11.6 Å². The van der Waals surface area contributed by atoms with Crippen LogP contribution in [0.25, 0.3) is 6.08 Å². The SMILES string of the molecule is C=Cc1ccc2c(c1)C(=O)C=CC2=O. The standard InChI is InChI=1S/C12H8O2/c1-2-8-3-4-9-10(7-8)12(14)6-5-11(9)13/h2-7H,1H2. The van der Waals surface area contributed by atoms with Gasteiger partial charge in [-0.3, -0.25) is 9.59 Å². The van der Waals surface area contributed by atoms with Crippen LogP contribution in [0.1, 0.15) is 26.3 Å². The third kappa shape index (κ3) is 1.21. The van der Waals surface area contributed by atoms with E-state index in [1.54, 1.807) is 24.3 Å². The van der Waals surface area contributed by atoms with Crippen molar-refractivity contribution in [1.29, 1.82) is 0 Å². The highest BCUT2D eigenvalue weighted by atomic mass is 16.1. The second-order valence-electron chi connectivity index (χ2n) is 3.07. The molecule has 0 amide bonds. The summed E-state index contributed by atoms with van der Waals surface area (Å²) >= 11 is 0.